The number of hydrogen-bond acceptors (Lipinski definition) is 8. The summed E-state index contributed by atoms with van der Waals surface area (Å²) in [5, 5.41) is 7.33. The minimum Gasteiger partial charge on any atom is -0.494 e. The molecule has 0 aliphatic carbocycles. The SMILES string of the molecule is COc1cc(Cl)ncc1NC(=O)c1c(N)nn2cc3c(nc12)CCN(C1COC1)C3. The fraction of sp³-hybridized carbons (Fsp3) is 0.368. The van der Waals surface area contributed by atoms with Crippen molar-refractivity contribution in [3.8, 4) is 5.75 Å². The van der Waals surface area contributed by atoms with E-state index in [2.05, 4.69) is 20.3 Å². The number of rotatable bonds is 4. The molecule has 1 fully saturated rings. The zero-order valence-electron chi connectivity index (χ0n) is 16.3. The van der Waals surface area contributed by atoms with Gasteiger partial charge in [0.1, 0.15) is 22.2 Å². The number of aromatic nitrogens is 4. The van der Waals surface area contributed by atoms with Gasteiger partial charge >= 0.3 is 0 Å². The van der Waals surface area contributed by atoms with Crippen molar-refractivity contribution in [2.45, 2.75) is 19.0 Å². The van der Waals surface area contributed by atoms with E-state index < -0.39 is 5.91 Å². The van der Waals surface area contributed by atoms with Crippen LogP contribution in [0.2, 0.25) is 5.15 Å². The summed E-state index contributed by atoms with van der Waals surface area (Å²) in [6, 6.07) is 1.98. The normalized spacial score (nSPS) is 16.9. The fourth-order valence-corrected chi connectivity index (χ4v) is 3.93. The van der Waals surface area contributed by atoms with Crippen molar-refractivity contribution in [2.75, 3.05) is 37.9 Å². The van der Waals surface area contributed by atoms with Gasteiger partial charge < -0.3 is 20.5 Å². The van der Waals surface area contributed by atoms with Gasteiger partial charge in [-0.3, -0.25) is 9.69 Å². The van der Waals surface area contributed by atoms with E-state index in [0.717, 1.165) is 44.0 Å². The zero-order chi connectivity index (χ0) is 20.8. The number of nitrogens with two attached hydrogens (primary N) is 1. The Labute approximate surface area is 176 Å². The van der Waals surface area contributed by atoms with E-state index in [1.54, 1.807) is 4.52 Å². The van der Waals surface area contributed by atoms with Gasteiger partial charge in [-0.2, -0.15) is 0 Å². The Balaban J connectivity index is 1.46. The first-order chi connectivity index (χ1) is 14.5. The summed E-state index contributed by atoms with van der Waals surface area (Å²) >= 11 is 5.89. The standard InChI is InChI=1S/C19H20ClN7O3/c1-29-14-4-15(20)22-5-13(14)24-19(28)16-17(21)25-27-7-10-6-26(11-8-30-9-11)3-2-12(10)23-18(16)27/h4-5,7,11H,2-3,6,8-9H2,1H3,(H2,21,25)(H,24,28). The van der Waals surface area contributed by atoms with Crippen LogP contribution >= 0.6 is 11.6 Å². The molecule has 0 bridgehead atoms. The number of halogens is 1. The monoisotopic (exact) mass is 429 g/mol. The molecule has 3 aromatic rings. The predicted molar refractivity (Wildman–Crippen MR) is 110 cm³/mol. The first-order valence-corrected chi connectivity index (χ1v) is 9.90. The van der Waals surface area contributed by atoms with Gasteiger partial charge in [0, 0.05) is 37.3 Å². The highest BCUT2D eigenvalue weighted by Gasteiger charge is 2.30. The van der Waals surface area contributed by atoms with Crippen LogP contribution in [-0.4, -0.2) is 63.3 Å². The molecule has 1 saturated heterocycles. The number of methoxy groups -OCH3 is 1. The summed E-state index contributed by atoms with van der Waals surface area (Å²) in [5.41, 5.74) is 9.13. The van der Waals surface area contributed by atoms with E-state index in [1.807, 2.05) is 6.20 Å². The number of amides is 1. The zero-order valence-corrected chi connectivity index (χ0v) is 17.0. The predicted octanol–water partition coefficient (Wildman–Crippen LogP) is 1.38. The molecule has 5 heterocycles. The Hall–Kier alpha value is -2.95. The minimum atomic E-state index is -0.443. The number of nitrogen functional groups attached to an aromatic ring is 1. The van der Waals surface area contributed by atoms with E-state index in [0.29, 0.717) is 23.1 Å². The van der Waals surface area contributed by atoms with E-state index in [-0.39, 0.29) is 16.5 Å². The van der Waals surface area contributed by atoms with Crippen LogP contribution < -0.4 is 15.8 Å². The van der Waals surface area contributed by atoms with Crippen molar-refractivity contribution in [3.05, 3.63) is 40.4 Å². The molecule has 2 aliphatic heterocycles. The first-order valence-electron chi connectivity index (χ1n) is 9.52. The maximum atomic E-state index is 13.0. The number of anilines is 2. The Bertz CT molecular complexity index is 1140. The van der Waals surface area contributed by atoms with E-state index in [9.17, 15) is 4.79 Å². The van der Waals surface area contributed by atoms with E-state index in [4.69, 9.17) is 31.8 Å². The number of carbonyl (C=O) groups excluding carboxylic acids is 1. The van der Waals surface area contributed by atoms with Gasteiger partial charge in [-0.25, -0.2) is 14.5 Å². The number of pyridine rings is 1. The summed E-state index contributed by atoms with van der Waals surface area (Å²) in [6.45, 7) is 3.23. The molecule has 3 N–H and O–H groups in total. The lowest BCUT2D eigenvalue weighted by Crippen LogP contribution is -2.50. The van der Waals surface area contributed by atoms with Gasteiger partial charge in [-0.05, 0) is 0 Å². The van der Waals surface area contributed by atoms with Gasteiger partial charge in [0.2, 0.25) is 0 Å². The quantitative estimate of drug-likeness (QED) is 0.597. The molecule has 5 rings (SSSR count). The van der Waals surface area contributed by atoms with Crippen molar-refractivity contribution in [1.82, 2.24) is 24.5 Å². The lowest BCUT2D eigenvalue weighted by molar-refractivity contribution is -0.0697. The topological polar surface area (TPSA) is 120 Å². The summed E-state index contributed by atoms with van der Waals surface area (Å²) in [7, 11) is 1.48. The first kappa shape index (κ1) is 19.0. The van der Waals surface area contributed by atoms with Crippen LogP contribution in [0.5, 0.6) is 5.75 Å². The average Bonchev–Trinajstić information content (AvgIpc) is 3.00. The van der Waals surface area contributed by atoms with Gasteiger partial charge in [-0.15, -0.1) is 5.10 Å². The molecule has 0 unspecified atom stereocenters. The summed E-state index contributed by atoms with van der Waals surface area (Å²) in [5.74, 6) is 0.0534. The third kappa shape index (κ3) is 3.22. The Morgan fingerprint density at radius 3 is 3.00 bits per heavy atom. The number of carbonyl (C=O) groups is 1. The second kappa shape index (κ2) is 7.38. The highest BCUT2D eigenvalue weighted by Crippen LogP contribution is 2.28. The smallest absolute Gasteiger partial charge is 0.263 e. The molecule has 2 aliphatic rings. The Kier molecular flexibility index (Phi) is 4.69. The third-order valence-corrected chi connectivity index (χ3v) is 5.68. The molecular weight excluding hydrogens is 410 g/mol. The maximum absolute atomic E-state index is 13.0. The van der Waals surface area contributed by atoms with Crippen molar-refractivity contribution in [3.63, 3.8) is 0 Å². The molecule has 0 saturated carbocycles. The van der Waals surface area contributed by atoms with E-state index >= 15 is 0 Å². The summed E-state index contributed by atoms with van der Waals surface area (Å²) in [6.07, 6.45) is 4.12. The molecular formula is C19H20ClN7O3. The number of fused-ring (bicyclic) bond motifs is 2. The molecule has 1 amide bonds. The summed E-state index contributed by atoms with van der Waals surface area (Å²) in [4.78, 5) is 24.1. The number of nitrogens with one attached hydrogen (secondary N) is 1. The molecule has 0 spiro atoms. The number of ether oxygens (including phenoxy) is 2. The molecule has 0 radical (unpaired) electrons. The molecule has 30 heavy (non-hydrogen) atoms. The highest BCUT2D eigenvalue weighted by molar-refractivity contribution is 6.29. The molecule has 10 nitrogen and oxygen atoms in total. The molecule has 3 aromatic heterocycles. The van der Waals surface area contributed by atoms with Crippen LogP contribution in [0, 0.1) is 0 Å². The van der Waals surface area contributed by atoms with Gasteiger partial charge in [0.25, 0.3) is 5.91 Å². The Morgan fingerprint density at radius 2 is 2.27 bits per heavy atom. The number of nitrogens with zero attached hydrogens (tertiary/aromatic N) is 5. The Morgan fingerprint density at radius 1 is 1.43 bits per heavy atom. The minimum absolute atomic E-state index is 0.104. The van der Waals surface area contributed by atoms with E-state index in [1.165, 1.54) is 19.4 Å². The highest BCUT2D eigenvalue weighted by atomic mass is 35.5. The second-order valence-corrected chi connectivity index (χ2v) is 7.70. The molecule has 0 atom stereocenters. The fourth-order valence-electron chi connectivity index (χ4n) is 3.78. The van der Waals surface area contributed by atoms with Gasteiger partial charge in [0.15, 0.2) is 11.5 Å². The van der Waals surface area contributed by atoms with Crippen LogP contribution in [0.4, 0.5) is 11.5 Å². The van der Waals surface area contributed by atoms with Gasteiger partial charge in [-0.1, -0.05) is 11.6 Å². The van der Waals surface area contributed by atoms with Crippen LogP contribution in [0.3, 0.4) is 0 Å². The van der Waals surface area contributed by atoms with Crippen molar-refractivity contribution in [2.24, 2.45) is 0 Å². The second-order valence-electron chi connectivity index (χ2n) is 7.31. The van der Waals surface area contributed by atoms with Crippen LogP contribution in [0.1, 0.15) is 21.6 Å². The van der Waals surface area contributed by atoms with Crippen molar-refractivity contribution in [1.29, 1.82) is 0 Å². The van der Waals surface area contributed by atoms with Gasteiger partial charge in [0.05, 0.1) is 38.3 Å². The molecule has 156 valence electrons. The lowest BCUT2D eigenvalue weighted by Gasteiger charge is -2.39. The molecule has 0 aromatic carbocycles. The third-order valence-electron chi connectivity index (χ3n) is 5.48. The largest absolute Gasteiger partial charge is 0.494 e. The van der Waals surface area contributed by atoms with Crippen LogP contribution in [0.15, 0.2) is 18.5 Å². The van der Waals surface area contributed by atoms with Crippen LogP contribution in [0.25, 0.3) is 5.65 Å². The number of hydrogen-bond donors (Lipinski definition) is 2. The van der Waals surface area contributed by atoms with Crippen molar-refractivity contribution < 1.29 is 14.3 Å². The van der Waals surface area contributed by atoms with Crippen molar-refractivity contribution >= 4 is 34.7 Å². The molecule has 11 heteroatoms. The maximum Gasteiger partial charge on any atom is 0.263 e. The lowest BCUT2D eigenvalue weighted by atomic mass is 10.0. The van der Waals surface area contributed by atoms with Crippen LogP contribution in [-0.2, 0) is 17.7 Å². The summed E-state index contributed by atoms with van der Waals surface area (Å²) < 4.78 is 12.1. The average molecular weight is 430 g/mol.